The largest absolute Gasteiger partial charge is 0.467 e. The monoisotopic (exact) mass is 282 g/mol. The van der Waals surface area contributed by atoms with Crippen molar-refractivity contribution in [1.29, 1.82) is 5.26 Å². The number of esters is 1. The second-order valence-corrected chi connectivity index (χ2v) is 4.78. The molecule has 0 saturated heterocycles. The van der Waals surface area contributed by atoms with Gasteiger partial charge in [0.05, 0.1) is 18.7 Å². The lowest BCUT2D eigenvalue weighted by atomic mass is 10.0. The summed E-state index contributed by atoms with van der Waals surface area (Å²) in [7, 11) is 1.21. The van der Waals surface area contributed by atoms with E-state index in [2.05, 4.69) is 10.1 Å². The molecule has 0 bridgehead atoms. The summed E-state index contributed by atoms with van der Waals surface area (Å²) in [5.41, 5.74) is -0.552. The Labute approximate surface area is 116 Å². The van der Waals surface area contributed by atoms with E-state index in [1.54, 1.807) is 6.07 Å². The van der Waals surface area contributed by atoms with Crippen molar-refractivity contribution in [1.82, 2.24) is 0 Å². The van der Waals surface area contributed by atoms with Gasteiger partial charge in [0.1, 0.15) is 11.7 Å². The van der Waals surface area contributed by atoms with E-state index >= 15 is 0 Å². The fourth-order valence-electron chi connectivity index (χ4n) is 1.78. The molecule has 0 radical (unpaired) electrons. The number of hydrogen-bond acceptors (Lipinski definition) is 4. The SMILES string of the molecule is COC(=O)C(CC(C)C)Nc1c(F)cc(C#N)cc1F. The highest BCUT2D eigenvalue weighted by Gasteiger charge is 2.23. The minimum absolute atomic E-state index is 0.121. The third-order valence-corrected chi connectivity index (χ3v) is 2.68. The molecule has 1 rings (SSSR count). The van der Waals surface area contributed by atoms with Gasteiger partial charge in [0.2, 0.25) is 0 Å². The molecule has 108 valence electrons. The van der Waals surface area contributed by atoms with Crippen LogP contribution in [0.4, 0.5) is 14.5 Å². The minimum atomic E-state index is -0.917. The highest BCUT2D eigenvalue weighted by atomic mass is 19.1. The summed E-state index contributed by atoms with van der Waals surface area (Å²) in [5.74, 6) is -2.30. The van der Waals surface area contributed by atoms with Crippen molar-refractivity contribution in [3.8, 4) is 6.07 Å². The lowest BCUT2D eigenvalue weighted by Gasteiger charge is -2.20. The molecular formula is C14H16F2N2O2. The van der Waals surface area contributed by atoms with E-state index in [1.807, 2.05) is 13.8 Å². The number of carbonyl (C=O) groups excluding carboxylic acids is 1. The molecule has 0 saturated carbocycles. The molecule has 0 aliphatic rings. The highest BCUT2D eigenvalue weighted by Crippen LogP contribution is 2.23. The van der Waals surface area contributed by atoms with Crippen LogP contribution in [0.2, 0.25) is 0 Å². The standard InChI is InChI=1S/C14H16F2N2O2/c1-8(2)4-12(14(19)20-3)18-13-10(15)5-9(7-17)6-11(13)16/h5-6,8,12,18H,4H2,1-3H3. The van der Waals surface area contributed by atoms with E-state index in [0.29, 0.717) is 6.42 Å². The van der Waals surface area contributed by atoms with Gasteiger partial charge in [0, 0.05) is 0 Å². The number of methoxy groups -OCH3 is 1. The van der Waals surface area contributed by atoms with Crippen LogP contribution < -0.4 is 5.32 Å². The van der Waals surface area contributed by atoms with Crippen LogP contribution in [-0.4, -0.2) is 19.1 Å². The van der Waals surface area contributed by atoms with Crippen LogP contribution in [0.15, 0.2) is 12.1 Å². The highest BCUT2D eigenvalue weighted by molar-refractivity contribution is 5.79. The summed E-state index contributed by atoms with van der Waals surface area (Å²) in [6, 6.07) is 2.63. The van der Waals surface area contributed by atoms with E-state index in [1.165, 1.54) is 7.11 Å². The molecule has 4 nitrogen and oxygen atoms in total. The lowest BCUT2D eigenvalue weighted by Crippen LogP contribution is -2.32. The Bertz CT molecular complexity index is 515. The normalized spacial score (nSPS) is 11.8. The summed E-state index contributed by atoms with van der Waals surface area (Å²) < 4.78 is 32.1. The first-order valence-corrected chi connectivity index (χ1v) is 6.12. The van der Waals surface area contributed by atoms with Crippen molar-refractivity contribution in [2.45, 2.75) is 26.3 Å². The van der Waals surface area contributed by atoms with Crippen LogP contribution in [0, 0.1) is 28.9 Å². The van der Waals surface area contributed by atoms with E-state index in [4.69, 9.17) is 5.26 Å². The average molecular weight is 282 g/mol. The van der Waals surface area contributed by atoms with Gasteiger partial charge in [-0.1, -0.05) is 13.8 Å². The molecule has 0 heterocycles. The van der Waals surface area contributed by atoms with Gasteiger partial charge in [-0.2, -0.15) is 5.26 Å². The molecule has 0 spiro atoms. The van der Waals surface area contributed by atoms with Gasteiger partial charge in [-0.25, -0.2) is 13.6 Å². The number of benzene rings is 1. The van der Waals surface area contributed by atoms with E-state index in [-0.39, 0.29) is 11.5 Å². The summed E-state index contributed by atoms with van der Waals surface area (Å²) in [5, 5.41) is 11.1. The Morgan fingerprint density at radius 2 is 1.95 bits per heavy atom. The second-order valence-electron chi connectivity index (χ2n) is 4.78. The zero-order chi connectivity index (χ0) is 15.3. The summed E-state index contributed by atoms with van der Waals surface area (Å²) in [6.45, 7) is 3.76. The first kappa shape index (κ1) is 15.9. The van der Waals surface area contributed by atoms with E-state index in [0.717, 1.165) is 12.1 Å². The molecule has 0 amide bonds. The van der Waals surface area contributed by atoms with Gasteiger partial charge in [-0.3, -0.25) is 0 Å². The fraction of sp³-hybridized carbons (Fsp3) is 0.429. The number of nitrogens with zero attached hydrogens (tertiary/aromatic N) is 1. The van der Waals surface area contributed by atoms with Crippen molar-refractivity contribution < 1.29 is 18.3 Å². The van der Waals surface area contributed by atoms with Gasteiger partial charge in [-0.05, 0) is 24.5 Å². The molecule has 1 aromatic carbocycles. The predicted molar refractivity (Wildman–Crippen MR) is 70.0 cm³/mol. The molecule has 0 aliphatic carbocycles. The molecule has 0 fully saturated rings. The summed E-state index contributed by atoms with van der Waals surface area (Å²) in [6.07, 6.45) is 0.367. The predicted octanol–water partition coefficient (Wildman–Crippen LogP) is 2.84. The van der Waals surface area contributed by atoms with Gasteiger partial charge in [0.25, 0.3) is 0 Å². The van der Waals surface area contributed by atoms with Crippen molar-refractivity contribution in [2.24, 2.45) is 5.92 Å². The van der Waals surface area contributed by atoms with Crippen LogP contribution in [0.3, 0.4) is 0 Å². The molecule has 1 N–H and O–H groups in total. The van der Waals surface area contributed by atoms with Crippen LogP contribution in [0.25, 0.3) is 0 Å². The third-order valence-electron chi connectivity index (χ3n) is 2.68. The Hall–Kier alpha value is -2.16. The molecule has 20 heavy (non-hydrogen) atoms. The number of halogens is 2. The third kappa shape index (κ3) is 3.92. The van der Waals surface area contributed by atoms with Gasteiger partial charge in [0.15, 0.2) is 11.6 Å². The summed E-state index contributed by atoms with van der Waals surface area (Å²) in [4.78, 5) is 11.6. The molecule has 0 aromatic heterocycles. The number of hydrogen-bond donors (Lipinski definition) is 1. The molecule has 1 aromatic rings. The maximum absolute atomic E-state index is 13.8. The molecule has 1 atom stereocenters. The summed E-state index contributed by atoms with van der Waals surface area (Å²) >= 11 is 0. The van der Waals surface area contributed by atoms with Crippen LogP contribution in [-0.2, 0) is 9.53 Å². The number of carbonyl (C=O) groups is 1. The second kappa shape index (κ2) is 6.85. The van der Waals surface area contributed by atoms with Gasteiger partial charge < -0.3 is 10.1 Å². The van der Waals surface area contributed by atoms with Crippen molar-refractivity contribution in [2.75, 3.05) is 12.4 Å². The van der Waals surface area contributed by atoms with Crippen molar-refractivity contribution in [3.05, 3.63) is 29.3 Å². The first-order chi connectivity index (χ1) is 9.38. The zero-order valence-corrected chi connectivity index (χ0v) is 11.5. The first-order valence-electron chi connectivity index (χ1n) is 6.12. The minimum Gasteiger partial charge on any atom is -0.467 e. The zero-order valence-electron chi connectivity index (χ0n) is 11.5. The Balaban J connectivity index is 3.05. The smallest absolute Gasteiger partial charge is 0.328 e. The quantitative estimate of drug-likeness (QED) is 0.843. The topological polar surface area (TPSA) is 62.1 Å². The van der Waals surface area contributed by atoms with Crippen molar-refractivity contribution >= 4 is 11.7 Å². The molecule has 6 heteroatoms. The average Bonchev–Trinajstić information content (AvgIpc) is 2.39. The van der Waals surface area contributed by atoms with E-state index < -0.39 is 29.3 Å². The van der Waals surface area contributed by atoms with E-state index in [9.17, 15) is 13.6 Å². The van der Waals surface area contributed by atoms with Crippen molar-refractivity contribution in [3.63, 3.8) is 0 Å². The maximum atomic E-state index is 13.8. The number of anilines is 1. The number of nitriles is 1. The van der Waals surface area contributed by atoms with Crippen LogP contribution in [0.5, 0.6) is 0 Å². The van der Waals surface area contributed by atoms with Crippen LogP contribution in [0.1, 0.15) is 25.8 Å². The van der Waals surface area contributed by atoms with Gasteiger partial charge in [-0.15, -0.1) is 0 Å². The van der Waals surface area contributed by atoms with Gasteiger partial charge >= 0.3 is 5.97 Å². The number of rotatable bonds is 5. The maximum Gasteiger partial charge on any atom is 0.328 e. The molecular weight excluding hydrogens is 266 g/mol. The molecule has 0 aliphatic heterocycles. The fourth-order valence-corrected chi connectivity index (χ4v) is 1.78. The Kier molecular flexibility index (Phi) is 5.44. The Morgan fingerprint density at radius 3 is 2.35 bits per heavy atom. The molecule has 1 unspecified atom stereocenters. The Morgan fingerprint density at radius 1 is 1.40 bits per heavy atom. The number of nitrogens with one attached hydrogen (secondary N) is 1. The lowest BCUT2D eigenvalue weighted by molar-refractivity contribution is -0.141. The number of ether oxygens (including phenoxy) is 1. The van der Waals surface area contributed by atoms with Crippen LogP contribution >= 0.6 is 0 Å².